The Bertz CT molecular complexity index is 4400. The lowest BCUT2D eigenvalue weighted by Crippen LogP contribution is -2.26. The molecule has 0 saturated heterocycles. The molecule has 2 aliphatic rings. The average molecular weight is 927 g/mol. The molecule has 0 saturated carbocycles. The van der Waals surface area contributed by atoms with Gasteiger partial charge in [0.15, 0.2) is 0 Å². The molecule has 2 heterocycles. The number of aromatic nitrogens is 4. The van der Waals surface area contributed by atoms with Crippen LogP contribution in [0.2, 0.25) is 0 Å². The standard InChI is InChI=1S/C69H42N4/c1-3-21-43(22-4-1)67-70-58-35-15-17-37-62(58)72(67)60-39-19-30-49-52(60)42-53-50(31-20-40-61(53)73-63-38-18-16-36-59(63)71-68(73)44-23-5-2-6-24-44)64(49)54-41-45-25-7-8-26-46(45)65-51-29-11-14-34-57(51)69(66(54)65)55-32-12-9-27-47(55)48-28-10-13-33-56(48)69/h1-42H. The SMILES string of the molecule is c1ccc(-c2nc3ccccc3n2-c2cccc3c(-c4cc5ccccc5c5c4C4(c6ccccc6-c6ccccc64)c4ccccc4-5)c4cccc(-n5c(-c6ccccc6)nc6ccccc65)c4cc23)cc1. The highest BCUT2D eigenvalue weighted by Gasteiger charge is 2.53. The van der Waals surface area contributed by atoms with E-state index in [1.807, 2.05) is 0 Å². The highest BCUT2D eigenvalue weighted by Crippen LogP contribution is 2.66. The quantitative estimate of drug-likeness (QED) is 0.161. The van der Waals surface area contributed by atoms with Crippen LogP contribution in [0, 0.1) is 0 Å². The van der Waals surface area contributed by atoms with Crippen molar-refractivity contribution in [3.05, 3.63) is 277 Å². The third-order valence-corrected chi connectivity index (χ3v) is 15.9. The Kier molecular flexibility index (Phi) is 8.35. The predicted molar refractivity (Wildman–Crippen MR) is 301 cm³/mol. The van der Waals surface area contributed by atoms with Gasteiger partial charge in [0.05, 0.1) is 38.9 Å². The summed E-state index contributed by atoms with van der Waals surface area (Å²) in [5, 5.41) is 7.05. The van der Waals surface area contributed by atoms with Gasteiger partial charge in [-0.2, -0.15) is 0 Å². The van der Waals surface area contributed by atoms with Gasteiger partial charge in [-0.15, -0.1) is 0 Å². The maximum absolute atomic E-state index is 5.39. The molecule has 14 aromatic rings. The summed E-state index contributed by atoms with van der Waals surface area (Å²) in [6, 6.07) is 93.7. The minimum atomic E-state index is -0.607. The lowest BCUT2D eigenvalue weighted by molar-refractivity contribution is 0.796. The maximum Gasteiger partial charge on any atom is 0.145 e. The number of benzene rings is 12. The van der Waals surface area contributed by atoms with Crippen LogP contribution >= 0.6 is 0 Å². The molecular weight excluding hydrogens is 885 g/mol. The zero-order chi connectivity index (χ0) is 47.8. The van der Waals surface area contributed by atoms with Gasteiger partial charge in [0.1, 0.15) is 11.6 Å². The fraction of sp³-hybridized carbons (Fsp3) is 0.0145. The highest BCUT2D eigenvalue weighted by molar-refractivity contribution is 6.21. The van der Waals surface area contributed by atoms with Gasteiger partial charge >= 0.3 is 0 Å². The molecule has 1 spiro atoms. The summed E-state index contributed by atoms with van der Waals surface area (Å²) in [6.45, 7) is 0. The molecule has 0 unspecified atom stereocenters. The molecular formula is C69H42N4. The fourth-order valence-electron chi connectivity index (χ4n) is 13.1. The third-order valence-electron chi connectivity index (χ3n) is 15.9. The maximum atomic E-state index is 5.39. The van der Waals surface area contributed by atoms with Crippen molar-refractivity contribution in [3.63, 3.8) is 0 Å². The van der Waals surface area contributed by atoms with Crippen LogP contribution in [0.25, 0.3) is 122 Å². The molecule has 0 fully saturated rings. The second-order valence-corrected chi connectivity index (χ2v) is 19.5. The monoisotopic (exact) mass is 926 g/mol. The molecule has 2 aromatic heterocycles. The highest BCUT2D eigenvalue weighted by atomic mass is 15.1. The normalized spacial score (nSPS) is 13.0. The van der Waals surface area contributed by atoms with E-state index >= 15 is 0 Å². The number of nitrogens with zero attached hydrogens (tertiary/aromatic N) is 4. The van der Waals surface area contributed by atoms with Gasteiger partial charge in [0.25, 0.3) is 0 Å². The van der Waals surface area contributed by atoms with Crippen LogP contribution in [0.1, 0.15) is 22.3 Å². The third kappa shape index (κ3) is 5.44. The van der Waals surface area contributed by atoms with Gasteiger partial charge in [0, 0.05) is 21.9 Å². The van der Waals surface area contributed by atoms with Crippen molar-refractivity contribution in [2.75, 3.05) is 0 Å². The summed E-state index contributed by atoms with van der Waals surface area (Å²) in [5.74, 6) is 1.80. The van der Waals surface area contributed by atoms with Gasteiger partial charge in [0.2, 0.25) is 0 Å². The molecule has 2 aliphatic carbocycles. The van der Waals surface area contributed by atoms with Gasteiger partial charge in [-0.25, -0.2) is 9.97 Å². The van der Waals surface area contributed by atoms with Crippen LogP contribution in [0.15, 0.2) is 255 Å². The summed E-state index contributed by atoms with van der Waals surface area (Å²) in [7, 11) is 0. The van der Waals surface area contributed by atoms with Gasteiger partial charge in [-0.1, -0.05) is 206 Å². The van der Waals surface area contributed by atoms with Crippen LogP contribution in [0.4, 0.5) is 0 Å². The Morgan fingerprint density at radius 2 is 0.740 bits per heavy atom. The van der Waals surface area contributed by atoms with E-state index < -0.39 is 5.41 Å². The first-order valence-corrected chi connectivity index (χ1v) is 25.2. The Hall–Kier alpha value is -9.64. The van der Waals surface area contributed by atoms with Crippen LogP contribution in [0.3, 0.4) is 0 Å². The van der Waals surface area contributed by atoms with Crippen molar-refractivity contribution in [2.24, 2.45) is 0 Å². The molecule has 4 nitrogen and oxygen atoms in total. The van der Waals surface area contributed by atoms with Gasteiger partial charge in [-0.05, 0) is 126 Å². The van der Waals surface area contributed by atoms with E-state index in [0.29, 0.717) is 0 Å². The molecule has 0 bridgehead atoms. The number of fused-ring (bicyclic) bond motifs is 16. The van der Waals surface area contributed by atoms with E-state index in [-0.39, 0.29) is 0 Å². The van der Waals surface area contributed by atoms with Crippen molar-refractivity contribution >= 4 is 54.4 Å². The van der Waals surface area contributed by atoms with Crippen LogP contribution in [-0.2, 0) is 5.41 Å². The number of imidazole rings is 2. The molecule has 12 aromatic carbocycles. The second-order valence-electron chi connectivity index (χ2n) is 19.5. The molecule has 0 aliphatic heterocycles. The van der Waals surface area contributed by atoms with E-state index in [1.54, 1.807) is 0 Å². The molecule has 0 N–H and O–H groups in total. The number of para-hydroxylation sites is 4. The van der Waals surface area contributed by atoms with Gasteiger partial charge < -0.3 is 0 Å². The molecule has 0 amide bonds. The van der Waals surface area contributed by atoms with E-state index in [0.717, 1.165) is 67.0 Å². The van der Waals surface area contributed by atoms with Crippen LogP contribution < -0.4 is 0 Å². The zero-order valence-electron chi connectivity index (χ0n) is 39.5. The Morgan fingerprint density at radius 1 is 0.301 bits per heavy atom. The minimum absolute atomic E-state index is 0.607. The molecule has 0 radical (unpaired) electrons. The van der Waals surface area contributed by atoms with E-state index in [4.69, 9.17) is 9.97 Å². The van der Waals surface area contributed by atoms with E-state index in [9.17, 15) is 0 Å². The first-order chi connectivity index (χ1) is 36.3. The predicted octanol–water partition coefficient (Wildman–Crippen LogP) is 17.2. The molecule has 0 atom stereocenters. The first kappa shape index (κ1) is 40.1. The van der Waals surface area contributed by atoms with Crippen molar-refractivity contribution in [2.45, 2.75) is 5.41 Å². The molecule has 4 heteroatoms. The van der Waals surface area contributed by atoms with E-state index in [1.165, 1.54) is 77.2 Å². The largest absolute Gasteiger partial charge is 0.292 e. The number of rotatable bonds is 5. The van der Waals surface area contributed by atoms with Gasteiger partial charge in [-0.3, -0.25) is 9.13 Å². The Morgan fingerprint density at radius 3 is 1.30 bits per heavy atom. The molecule has 338 valence electrons. The summed E-state index contributed by atoms with van der Waals surface area (Å²) < 4.78 is 4.78. The first-order valence-electron chi connectivity index (χ1n) is 25.2. The smallest absolute Gasteiger partial charge is 0.145 e. The number of hydrogen-bond donors (Lipinski definition) is 0. The molecule has 16 rings (SSSR count). The summed E-state index contributed by atoms with van der Waals surface area (Å²) in [4.78, 5) is 10.8. The van der Waals surface area contributed by atoms with Crippen LogP contribution in [0.5, 0.6) is 0 Å². The van der Waals surface area contributed by atoms with Crippen molar-refractivity contribution < 1.29 is 0 Å². The molecule has 73 heavy (non-hydrogen) atoms. The fourth-order valence-corrected chi connectivity index (χ4v) is 13.1. The topological polar surface area (TPSA) is 35.6 Å². The second kappa shape index (κ2) is 15.2. The Labute approximate surface area is 421 Å². The zero-order valence-corrected chi connectivity index (χ0v) is 39.5. The van der Waals surface area contributed by atoms with E-state index in [2.05, 4.69) is 264 Å². The summed E-state index contributed by atoms with van der Waals surface area (Å²) in [6.07, 6.45) is 0. The lowest BCUT2D eigenvalue weighted by Gasteiger charge is -2.33. The van der Waals surface area contributed by atoms with Crippen LogP contribution in [-0.4, -0.2) is 19.1 Å². The van der Waals surface area contributed by atoms with Crippen molar-refractivity contribution in [1.82, 2.24) is 19.1 Å². The summed E-state index contributed by atoms with van der Waals surface area (Å²) in [5.41, 5.74) is 20.5. The Balaban J connectivity index is 1.12. The lowest BCUT2D eigenvalue weighted by atomic mass is 9.68. The van der Waals surface area contributed by atoms with Crippen molar-refractivity contribution in [1.29, 1.82) is 0 Å². The number of hydrogen-bond acceptors (Lipinski definition) is 2. The minimum Gasteiger partial charge on any atom is -0.292 e. The summed E-state index contributed by atoms with van der Waals surface area (Å²) >= 11 is 0. The van der Waals surface area contributed by atoms with Crippen molar-refractivity contribution in [3.8, 4) is 67.5 Å². The average Bonchev–Trinajstić information content (AvgIpc) is 4.21.